The molecule has 7 nitrogen and oxygen atoms in total. The number of aliphatic hydroxyl groups excluding tert-OH is 1. The molecule has 0 saturated heterocycles. The quantitative estimate of drug-likeness (QED) is 0.797. The van der Waals surface area contributed by atoms with Crippen LogP contribution in [0.3, 0.4) is 0 Å². The largest absolute Gasteiger partial charge is 0.478 e. The highest BCUT2D eigenvalue weighted by atomic mass is 32.1. The van der Waals surface area contributed by atoms with Crippen molar-refractivity contribution < 1.29 is 19.7 Å². The van der Waals surface area contributed by atoms with Gasteiger partial charge >= 0.3 is 5.97 Å². The monoisotopic (exact) mass is 298 g/mol. The molecule has 0 aliphatic carbocycles. The fourth-order valence-electron chi connectivity index (χ4n) is 1.94. The Balaban J connectivity index is 2.67. The Morgan fingerprint density at radius 2 is 2.30 bits per heavy atom. The zero-order valence-electron chi connectivity index (χ0n) is 10.8. The molecule has 0 aliphatic heterocycles. The van der Waals surface area contributed by atoms with Gasteiger partial charge in [0.15, 0.2) is 0 Å². The molecular weight excluding hydrogens is 284 g/mol. The van der Waals surface area contributed by atoms with Gasteiger partial charge in [0.05, 0.1) is 30.7 Å². The summed E-state index contributed by atoms with van der Waals surface area (Å²) >= 11 is 1.12. The number of ether oxygens (including phenoxy) is 1. The van der Waals surface area contributed by atoms with E-state index in [-0.39, 0.29) is 24.1 Å². The number of carbonyl (C=O) groups is 1. The van der Waals surface area contributed by atoms with Gasteiger partial charge in [-0.25, -0.2) is 9.78 Å². The number of carboxylic acid groups (broad SMARTS) is 1. The Morgan fingerprint density at radius 1 is 1.55 bits per heavy atom. The lowest BCUT2D eigenvalue weighted by atomic mass is 10.2. The standard InChI is InChI=1S/C12H14N2O5S/c1-19-5-2-8-13-10-9(7(6-20-10)12(17)18)11(16)14(8)3-4-15/h6,15H,2-5H2,1H3,(H,17,18). The molecule has 0 aliphatic rings. The number of aromatic carboxylic acids is 1. The minimum atomic E-state index is -1.16. The molecule has 0 radical (unpaired) electrons. The summed E-state index contributed by atoms with van der Waals surface area (Å²) in [4.78, 5) is 28.2. The van der Waals surface area contributed by atoms with E-state index < -0.39 is 11.5 Å². The van der Waals surface area contributed by atoms with Crippen molar-refractivity contribution >= 4 is 27.5 Å². The van der Waals surface area contributed by atoms with Gasteiger partial charge in [0.2, 0.25) is 0 Å². The van der Waals surface area contributed by atoms with Crippen molar-refractivity contribution in [3.63, 3.8) is 0 Å². The van der Waals surface area contributed by atoms with Gasteiger partial charge < -0.3 is 14.9 Å². The third kappa shape index (κ3) is 2.58. The molecule has 8 heteroatoms. The van der Waals surface area contributed by atoms with Crippen LogP contribution in [0.4, 0.5) is 0 Å². The smallest absolute Gasteiger partial charge is 0.337 e. The SMILES string of the molecule is COCCc1nc2scc(C(=O)O)c2c(=O)n1CCO. The van der Waals surface area contributed by atoms with E-state index >= 15 is 0 Å². The van der Waals surface area contributed by atoms with Crippen LogP contribution in [0.15, 0.2) is 10.2 Å². The maximum absolute atomic E-state index is 12.4. The summed E-state index contributed by atoms with van der Waals surface area (Å²) in [6.45, 7) is 0.246. The molecule has 2 aromatic rings. The van der Waals surface area contributed by atoms with Gasteiger partial charge in [-0.1, -0.05) is 0 Å². The second-order valence-electron chi connectivity index (χ2n) is 4.09. The van der Waals surface area contributed by atoms with Crippen molar-refractivity contribution in [2.75, 3.05) is 20.3 Å². The van der Waals surface area contributed by atoms with Crippen LogP contribution in [-0.2, 0) is 17.7 Å². The summed E-state index contributed by atoms with van der Waals surface area (Å²) in [6.07, 6.45) is 0.419. The van der Waals surface area contributed by atoms with E-state index in [0.717, 1.165) is 11.3 Å². The number of aliphatic hydroxyl groups is 1. The fraction of sp³-hybridized carbons (Fsp3) is 0.417. The van der Waals surface area contributed by atoms with Gasteiger partial charge in [0, 0.05) is 18.9 Å². The zero-order chi connectivity index (χ0) is 14.7. The van der Waals surface area contributed by atoms with E-state index in [1.165, 1.54) is 9.95 Å². The van der Waals surface area contributed by atoms with Crippen molar-refractivity contribution in [1.29, 1.82) is 0 Å². The first-order chi connectivity index (χ1) is 9.60. The van der Waals surface area contributed by atoms with E-state index in [9.17, 15) is 9.59 Å². The Labute approximate surface area is 118 Å². The number of carboxylic acids is 1. The van der Waals surface area contributed by atoms with Crippen molar-refractivity contribution in [2.45, 2.75) is 13.0 Å². The Kier molecular flexibility index (Phi) is 4.48. The average molecular weight is 298 g/mol. The van der Waals surface area contributed by atoms with Crippen LogP contribution in [0.2, 0.25) is 0 Å². The van der Waals surface area contributed by atoms with E-state index in [1.807, 2.05) is 0 Å². The van der Waals surface area contributed by atoms with Gasteiger partial charge in [-0.15, -0.1) is 11.3 Å². The average Bonchev–Trinajstić information content (AvgIpc) is 2.84. The first-order valence-corrected chi connectivity index (χ1v) is 6.82. The van der Waals surface area contributed by atoms with Crippen LogP contribution < -0.4 is 5.56 Å². The predicted molar refractivity (Wildman–Crippen MR) is 73.5 cm³/mol. The van der Waals surface area contributed by atoms with Crippen LogP contribution >= 0.6 is 11.3 Å². The molecule has 0 atom stereocenters. The first-order valence-electron chi connectivity index (χ1n) is 5.94. The normalized spacial score (nSPS) is 11.1. The van der Waals surface area contributed by atoms with Crippen LogP contribution in [0.5, 0.6) is 0 Å². The lowest BCUT2D eigenvalue weighted by Crippen LogP contribution is -2.27. The molecular formula is C12H14N2O5S. The molecule has 2 N–H and O–H groups in total. The van der Waals surface area contributed by atoms with E-state index in [4.69, 9.17) is 14.9 Å². The van der Waals surface area contributed by atoms with Crippen LogP contribution in [0.25, 0.3) is 10.2 Å². The second-order valence-corrected chi connectivity index (χ2v) is 4.94. The molecule has 0 aromatic carbocycles. The molecule has 20 heavy (non-hydrogen) atoms. The number of aromatic nitrogens is 2. The highest BCUT2D eigenvalue weighted by Gasteiger charge is 2.19. The minimum absolute atomic E-state index is 0.0486. The van der Waals surface area contributed by atoms with Crippen molar-refractivity contribution in [3.05, 3.63) is 27.1 Å². The van der Waals surface area contributed by atoms with Gasteiger partial charge in [0.25, 0.3) is 5.56 Å². The van der Waals surface area contributed by atoms with Crippen molar-refractivity contribution in [3.8, 4) is 0 Å². The molecule has 2 rings (SSSR count). The molecule has 0 fully saturated rings. The molecule has 0 amide bonds. The summed E-state index contributed by atoms with van der Waals surface area (Å²) in [7, 11) is 1.54. The van der Waals surface area contributed by atoms with Crippen LogP contribution in [0.1, 0.15) is 16.2 Å². The van der Waals surface area contributed by atoms with Gasteiger partial charge in [-0.2, -0.15) is 0 Å². The summed E-state index contributed by atoms with van der Waals surface area (Å²) < 4.78 is 6.27. The molecule has 0 spiro atoms. The third-order valence-electron chi connectivity index (χ3n) is 2.86. The lowest BCUT2D eigenvalue weighted by Gasteiger charge is -2.10. The number of hydrogen-bond acceptors (Lipinski definition) is 6. The maximum Gasteiger partial charge on any atom is 0.337 e. The summed E-state index contributed by atoms with van der Waals surface area (Å²) in [5.74, 6) is -0.674. The molecule has 0 bridgehead atoms. The zero-order valence-corrected chi connectivity index (χ0v) is 11.6. The minimum Gasteiger partial charge on any atom is -0.478 e. The van der Waals surface area contributed by atoms with E-state index in [2.05, 4.69) is 4.98 Å². The topological polar surface area (TPSA) is 102 Å². The summed E-state index contributed by atoms with van der Waals surface area (Å²) in [5, 5.41) is 19.7. The Hall–Kier alpha value is -1.77. The highest BCUT2D eigenvalue weighted by Crippen LogP contribution is 2.21. The molecule has 2 aromatic heterocycles. The molecule has 0 unspecified atom stereocenters. The second kappa shape index (κ2) is 6.12. The van der Waals surface area contributed by atoms with Crippen molar-refractivity contribution in [1.82, 2.24) is 9.55 Å². The predicted octanol–water partition coefficient (Wildman–Crippen LogP) is 0.337. The van der Waals surface area contributed by atoms with Crippen LogP contribution in [-0.4, -0.2) is 46.1 Å². The third-order valence-corrected chi connectivity index (χ3v) is 3.73. The summed E-state index contributed by atoms with van der Waals surface area (Å²) in [5.41, 5.74) is -0.485. The van der Waals surface area contributed by atoms with E-state index in [1.54, 1.807) is 7.11 Å². The highest BCUT2D eigenvalue weighted by molar-refractivity contribution is 7.17. The van der Waals surface area contributed by atoms with Crippen LogP contribution in [0, 0.1) is 0 Å². The van der Waals surface area contributed by atoms with E-state index in [0.29, 0.717) is 23.7 Å². The Morgan fingerprint density at radius 3 is 2.90 bits per heavy atom. The number of thiophene rings is 1. The number of fused-ring (bicyclic) bond motifs is 1. The Bertz CT molecular complexity index is 691. The molecule has 108 valence electrons. The number of rotatable bonds is 6. The van der Waals surface area contributed by atoms with Gasteiger partial charge in [0.1, 0.15) is 10.7 Å². The van der Waals surface area contributed by atoms with Crippen molar-refractivity contribution in [2.24, 2.45) is 0 Å². The number of methoxy groups -OCH3 is 1. The molecule has 2 heterocycles. The maximum atomic E-state index is 12.4. The number of nitrogens with zero attached hydrogens (tertiary/aromatic N) is 2. The fourth-order valence-corrected chi connectivity index (χ4v) is 2.86. The number of hydrogen-bond donors (Lipinski definition) is 2. The van der Waals surface area contributed by atoms with Gasteiger partial charge in [-0.3, -0.25) is 9.36 Å². The first kappa shape index (κ1) is 14.6. The van der Waals surface area contributed by atoms with Gasteiger partial charge in [-0.05, 0) is 0 Å². The summed E-state index contributed by atoms with van der Waals surface area (Å²) in [6, 6.07) is 0. The molecule has 0 saturated carbocycles. The lowest BCUT2D eigenvalue weighted by molar-refractivity contribution is 0.0699.